The lowest BCUT2D eigenvalue weighted by Crippen LogP contribution is -2.40. The van der Waals surface area contributed by atoms with Crippen molar-refractivity contribution in [2.45, 2.75) is 18.8 Å². The Morgan fingerprint density at radius 2 is 2.21 bits per heavy atom. The number of piperidine rings is 1. The molecule has 6 heteroatoms. The second-order valence-corrected chi connectivity index (χ2v) is 4.79. The predicted molar refractivity (Wildman–Crippen MR) is 70.3 cm³/mol. The number of hydrogen-bond donors (Lipinski definition) is 2. The van der Waals surface area contributed by atoms with Crippen LogP contribution < -0.4 is 11.1 Å². The monoisotopic (exact) mass is 258 g/mol. The number of nitrogens with one attached hydrogen (secondary N) is 1. The van der Waals surface area contributed by atoms with Crippen LogP contribution in [0.15, 0.2) is 18.2 Å². The van der Waals surface area contributed by atoms with Crippen molar-refractivity contribution in [3.63, 3.8) is 0 Å². The molecule has 1 aromatic carbocycles. The van der Waals surface area contributed by atoms with Crippen LogP contribution in [0.3, 0.4) is 0 Å². The fraction of sp³-hybridized carbons (Fsp3) is 0.308. The van der Waals surface area contributed by atoms with Gasteiger partial charge in [-0.05, 0) is 24.6 Å². The third-order valence-corrected chi connectivity index (χ3v) is 3.47. The van der Waals surface area contributed by atoms with E-state index in [4.69, 9.17) is 5.73 Å². The van der Waals surface area contributed by atoms with Crippen molar-refractivity contribution in [3.05, 3.63) is 23.9 Å². The minimum absolute atomic E-state index is 0.211. The summed E-state index contributed by atoms with van der Waals surface area (Å²) in [6.45, 7) is 0. The van der Waals surface area contributed by atoms with E-state index in [9.17, 15) is 9.59 Å². The highest BCUT2D eigenvalue weighted by atomic mass is 16.2. The second-order valence-electron chi connectivity index (χ2n) is 4.79. The van der Waals surface area contributed by atoms with Gasteiger partial charge in [-0.25, -0.2) is 0 Å². The summed E-state index contributed by atoms with van der Waals surface area (Å²) in [7, 11) is 1.80. The van der Waals surface area contributed by atoms with Crippen molar-refractivity contribution >= 4 is 28.4 Å². The van der Waals surface area contributed by atoms with Gasteiger partial charge in [-0.1, -0.05) is 0 Å². The summed E-state index contributed by atoms with van der Waals surface area (Å²) in [6, 6.07) is 5.45. The van der Waals surface area contributed by atoms with Gasteiger partial charge in [-0.2, -0.15) is 5.10 Å². The lowest BCUT2D eigenvalue weighted by molar-refractivity contribution is -0.134. The number of anilines is 1. The number of fused-ring (bicyclic) bond motifs is 1. The zero-order chi connectivity index (χ0) is 13.6. The Balaban J connectivity index is 2.12. The molecule has 2 heterocycles. The third kappa shape index (κ3) is 1.85. The summed E-state index contributed by atoms with van der Waals surface area (Å²) in [6.07, 6.45) is 0.877. The number of carbonyl (C=O) groups excluding carboxylic acids is 2. The van der Waals surface area contributed by atoms with Crippen molar-refractivity contribution in [3.8, 4) is 0 Å². The number of rotatable bonds is 1. The molecule has 3 N–H and O–H groups in total. The van der Waals surface area contributed by atoms with E-state index in [0.29, 0.717) is 18.5 Å². The summed E-state index contributed by atoms with van der Waals surface area (Å²) in [5, 5.41) is 7.66. The van der Waals surface area contributed by atoms with Gasteiger partial charge in [0.25, 0.3) is 0 Å². The van der Waals surface area contributed by atoms with Crippen molar-refractivity contribution in [2.75, 3.05) is 5.73 Å². The van der Waals surface area contributed by atoms with Crippen LogP contribution in [-0.4, -0.2) is 21.6 Å². The average molecular weight is 258 g/mol. The first-order chi connectivity index (χ1) is 9.06. The zero-order valence-corrected chi connectivity index (χ0v) is 10.5. The van der Waals surface area contributed by atoms with Crippen molar-refractivity contribution in [1.29, 1.82) is 0 Å². The highest BCUT2D eigenvalue weighted by molar-refractivity contribution is 6.02. The van der Waals surface area contributed by atoms with Crippen LogP contribution >= 0.6 is 0 Å². The number of nitrogens with two attached hydrogens (primary N) is 1. The molecule has 6 nitrogen and oxygen atoms in total. The van der Waals surface area contributed by atoms with Crippen LogP contribution in [0.25, 0.3) is 10.9 Å². The van der Waals surface area contributed by atoms with Gasteiger partial charge in [0.15, 0.2) is 0 Å². The molecule has 98 valence electrons. The Labute approximate surface area is 109 Å². The molecule has 1 unspecified atom stereocenters. The molecule has 1 aliphatic rings. The molecular formula is C13H14N4O2. The number of hydrogen-bond acceptors (Lipinski definition) is 4. The smallest absolute Gasteiger partial charge is 0.235 e. The fourth-order valence-corrected chi connectivity index (χ4v) is 2.61. The van der Waals surface area contributed by atoms with Gasteiger partial charge in [0.1, 0.15) is 0 Å². The average Bonchev–Trinajstić information content (AvgIpc) is 2.65. The number of aryl methyl sites for hydroxylation is 1. The van der Waals surface area contributed by atoms with Crippen molar-refractivity contribution < 1.29 is 9.59 Å². The van der Waals surface area contributed by atoms with Crippen LogP contribution in [0.1, 0.15) is 24.5 Å². The largest absolute Gasteiger partial charge is 0.399 e. The van der Waals surface area contributed by atoms with E-state index < -0.39 is 0 Å². The summed E-state index contributed by atoms with van der Waals surface area (Å²) in [5.41, 5.74) is 7.97. The minimum Gasteiger partial charge on any atom is -0.399 e. The van der Waals surface area contributed by atoms with Crippen LogP contribution in [0, 0.1) is 0 Å². The van der Waals surface area contributed by atoms with Crippen LogP contribution in [0.5, 0.6) is 0 Å². The van der Waals surface area contributed by atoms with Gasteiger partial charge in [-0.15, -0.1) is 0 Å². The first-order valence-electron chi connectivity index (χ1n) is 6.12. The van der Waals surface area contributed by atoms with E-state index in [-0.39, 0.29) is 17.7 Å². The number of benzene rings is 1. The maximum Gasteiger partial charge on any atom is 0.235 e. The number of carbonyl (C=O) groups is 2. The molecular weight excluding hydrogens is 244 g/mol. The summed E-state index contributed by atoms with van der Waals surface area (Å²) < 4.78 is 1.70. The van der Waals surface area contributed by atoms with Crippen LogP contribution in [0.2, 0.25) is 0 Å². The van der Waals surface area contributed by atoms with Gasteiger partial charge in [0, 0.05) is 24.5 Å². The van der Waals surface area contributed by atoms with Crippen LogP contribution in [0.4, 0.5) is 5.69 Å². The number of aromatic nitrogens is 2. The Morgan fingerprint density at radius 1 is 1.42 bits per heavy atom. The molecule has 0 saturated carbocycles. The molecule has 3 rings (SSSR count). The lowest BCUT2D eigenvalue weighted by atomic mass is 9.92. The minimum atomic E-state index is -0.337. The van der Waals surface area contributed by atoms with Crippen molar-refractivity contribution in [2.24, 2.45) is 7.05 Å². The second kappa shape index (κ2) is 4.08. The quantitative estimate of drug-likeness (QED) is 0.581. The summed E-state index contributed by atoms with van der Waals surface area (Å²) in [5.74, 6) is -0.800. The molecule has 1 aromatic heterocycles. The summed E-state index contributed by atoms with van der Waals surface area (Å²) >= 11 is 0. The molecule has 0 radical (unpaired) electrons. The molecule has 19 heavy (non-hydrogen) atoms. The molecule has 1 saturated heterocycles. The Morgan fingerprint density at radius 3 is 2.95 bits per heavy atom. The van der Waals surface area contributed by atoms with Crippen LogP contribution in [-0.2, 0) is 16.6 Å². The van der Waals surface area contributed by atoms with E-state index in [1.165, 1.54) is 0 Å². The van der Waals surface area contributed by atoms with Gasteiger partial charge in [0.2, 0.25) is 11.8 Å². The zero-order valence-electron chi connectivity index (χ0n) is 10.5. The number of nitrogens with zero attached hydrogens (tertiary/aromatic N) is 2. The molecule has 2 amide bonds. The Kier molecular flexibility index (Phi) is 2.51. The first-order valence-corrected chi connectivity index (χ1v) is 6.12. The first kappa shape index (κ1) is 11.7. The fourth-order valence-electron chi connectivity index (χ4n) is 2.61. The van der Waals surface area contributed by atoms with Gasteiger partial charge in [0.05, 0.1) is 17.1 Å². The topological polar surface area (TPSA) is 90.0 Å². The van der Waals surface area contributed by atoms with E-state index in [1.807, 2.05) is 6.07 Å². The summed E-state index contributed by atoms with van der Waals surface area (Å²) in [4.78, 5) is 23.2. The predicted octanol–water partition coefficient (Wildman–Crippen LogP) is 0.676. The molecule has 2 aromatic rings. The highest BCUT2D eigenvalue weighted by Gasteiger charge is 2.31. The van der Waals surface area contributed by atoms with E-state index in [2.05, 4.69) is 10.4 Å². The third-order valence-electron chi connectivity index (χ3n) is 3.47. The van der Waals surface area contributed by atoms with Gasteiger partial charge < -0.3 is 5.73 Å². The Bertz CT molecular complexity index is 689. The Hall–Kier alpha value is -2.37. The SMILES string of the molecule is Cn1nc2cc(N)ccc2c1C1CCC(=O)NC1=O. The number of amides is 2. The van der Waals surface area contributed by atoms with Crippen molar-refractivity contribution in [1.82, 2.24) is 15.1 Å². The molecule has 0 bridgehead atoms. The number of nitrogen functional groups attached to an aromatic ring is 1. The molecule has 1 aliphatic heterocycles. The molecule has 1 atom stereocenters. The molecule has 0 aliphatic carbocycles. The highest BCUT2D eigenvalue weighted by Crippen LogP contribution is 2.31. The standard InChI is InChI=1S/C13H14N4O2/c1-17-12(9-4-5-11(18)15-13(9)19)8-3-2-7(14)6-10(8)16-17/h2-3,6,9H,4-5,14H2,1H3,(H,15,18,19). The molecule has 0 spiro atoms. The maximum absolute atomic E-state index is 12.0. The normalized spacial score (nSPS) is 19.7. The van der Waals surface area contributed by atoms with E-state index in [1.54, 1.807) is 23.9 Å². The van der Waals surface area contributed by atoms with Gasteiger partial charge in [-0.3, -0.25) is 19.6 Å². The number of imide groups is 1. The molecule has 1 fully saturated rings. The van der Waals surface area contributed by atoms with Gasteiger partial charge >= 0.3 is 0 Å². The van der Waals surface area contributed by atoms with E-state index >= 15 is 0 Å². The lowest BCUT2D eigenvalue weighted by Gasteiger charge is -2.21. The maximum atomic E-state index is 12.0. The van der Waals surface area contributed by atoms with E-state index in [0.717, 1.165) is 16.6 Å².